The number of hydrogen-bond acceptors (Lipinski definition) is 5. The Bertz CT molecular complexity index is 1050. The van der Waals surface area contributed by atoms with Crippen LogP contribution in [0.25, 0.3) is 0 Å². The molecule has 3 heterocycles. The molecule has 0 amide bonds. The maximum Gasteiger partial charge on any atom is 0.232 e. The molecule has 0 bridgehead atoms. The predicted octanol–water partition coefficient (Wildman–Crippen LogP) is 6.69. The summed E-state index contributed by atoms with van der Waals surface area (Å²) in [5.74, 6) is 2.63. The lowest BCUT2D eigenvalue weighted by Gasteiger charge is -2.35. The third-order valence-electron chi connectivity index (χ3n) is 8.56. The molecule has 2 aliphatic heterocycles. The molecule has 0 radical (unpaired) electrons. The Hall–Kier alpha value is -2.12. The first-order chi connectivity index (χ1) is 18.0. The van der Waals surface area contributed by atoms with Gasteiger partial charge in [-0.05, 0) is 81.8 Å². The fourth-order valence-corrected chi connectivity index (χ4v) is 6.63. The van der Waals surface area contributed by atoms with Crippen molar-refractivity contribution in [2.24, 2.45) is 0 Å². The number of piperidine rings is 1. The van der Waals surface area contributed by atoms with E-state index in [0.717, 1.165) is 55.7 Å². The fraction of sp³-hybridized carbons (Fsp3) is 0.621. The first-order valence-electron chi connectivity index (χ1n) is 14.2. The zero-order valence-electron chi connectivity index (χ0n) is 22.1. The number of anilines is 3. The molecule has 1 aliphatic carbocycles. The van der Waals surface area contributed by atoms with Crippen molar-refractivity contribution in [3.63, 3.8) is 0 Å². The molecular formula is C29H41ClN6S. The lowest BCUT2D eigenvalue weighted by molar-refractivity contribution is 0.435. The number of aromatic nitrogens is 2. The lowest BCUT2D eigenvalue weighted by Crippen LogP contribution is -2.41. The van der Waals surface area contributed by atoms with Crippen LogP contribution in [0.15, 0.2) is 30.3 Å². The van der Waals surface area contributed by atoms with E-state index in [9.17, 15) is 0 Å². The highest BCUT2D eigenvalue weighted by molar-refractivity contribution is 7.80. The predicted molar refractivity (Wildman–Crippen MR) is 159 cm³/mol. The van der Waals surface area contributed by atoms with Crippen molar-refractivity contribution in [3.05, 3.63) is 40.9 Å². The summed E-state index contributed by atoms with van der Waals surface area (Å²) in [6, 6.07) is 11.0. The highest BCUT2D eigenvalue weighted by Crippen LogP contribution is 2.41. The Morgan fingerprint density at radius 2 is 1.62 bits per heavy atom. The normalized spacial score (nSPS) is 21.9. The second-order valence-electron chi connectivity index (χ2n) is 11.1. The number of thiocarbonyl (C=S) groups is 1. The van der Waals surface area contributed by atoms with Gasteiger partial charge < -0.3 is 20.4 Å². The Balaban J connectivity index is 1.33. The van der Waals surface area contributed by atoms with Crippen molar-refractivity contribution in [2.45, 2.75) is 89.0 Å². The summed E-state index contributed by atoms with van der Waals surface area (Å²) in [6.45, 7) is 6.26. The molecule has 3 fully saturated rings. The van der Waals surface area contributed by atoms with Crippen molar-refractivity contribution in [3.8, 4) is 0 Å². The molecule has 0 unspecified atom stereocenters. The number of halogens is 1. The van der Waals surface area contributed by atoms with Gasteiger partial charge in [-0.2, -0.15) is 9.97 Å². The number of nitrogens with one attached hydrogen (secondary N) is 2. The van der Waals surface area contributed by atoms with Gasteiger partial charge in [0.15, 0.2) is 5.11 Å². The minimum Gasteiger partial charge on any atom is -0.361 e. The van der Waals surface area contributed by atoms with E-state index in [2.05, 4.69) is 45.6 Å². The van der Waals surface area contributed by atoms with Gasteiger partial charge in [-0.15, -0.1) is 0 Å². The van der Waals surface area contributed by atoms with Gasteiger partial charge in [0.05, 0.1) is 0 Å². The number of hydrogen-bond donors (Lipinski definition) is 2. The van der Waals surface area contributed by atoms with Gasteiger partial charge >= 0.3 is 0 Å². The molecular weight excluding hydrogens is 500 g/mol. The van der Waals surface area contributed by atoms with E-state index < -0.39 is 0 Å². The monoisotopic (exact) mass is 540 g/mol. The minimum atomic E-state index is 0.0828. The molecule has 2 saturated heterocycles. The maximum atomic E-state index is 6.17. The first-order valence-corrected chi connectivity index (χ1v) is 15.0. The Morgan fingerprint density at radius 3 is 2.32 bits per heavy atom. The molecule has 1 saturated carbocycles. The first kappa shape index (κ1) is 26.5. The van der Waals surface area contributed by atoms with Gasteiger partial charge in [0.25, 0.3) is 0 Å². The Morgan fingerprint density at radius 1 is 0.946 bits per heavy atom. The van der Waals surface area contributed by atoms with Crippen LogP contribution in [-0.2, 0) is 5.41 Å². The van der Waals surface area contributed by atoms with Gasteiger partial charge in [-0.25, -0.2) is 0 Å². The fourth-order valence-electron chi connectivity index (χ4n) is 6.34. The van der Waals surface area contributed by atoms with E-state index in [4.69, 9.17) is 33.8 Å². The molecule has 2 aromatic rings. The van der Waals surface area contributed by atoms with Gasteiger partial charge in [0.2, 0.25) is 5.95 Å². The molecule has 6 nitrogen and oxygen atoms in total. The Kier molecular flexibility index (Phi) is 8.71. The average Bonchev–Trinajstić information content (AvgIpc) is 3.22. The second kappa shape index (κ2) is 12.2. The highest BCUT2D eigenvalue weighted by atomic mass is 35.5. The van der Waals surface area contributed by atoms with Crippen molar-refractivity contribution < 1.29 is 0 Å². The molecule has 0 spiro atoms. The van der Waals surface area contributed by atoms with Crippen LogP contribution in [0.1, 0.15) is 83.1 Å². The second-order valence-corrected chi connectivity index (χ2v) is 12.0. The van der Waals surface area contributed by atoms with Crippen LogP contribution in [0.4, 0.5) is 17.6 Å². The van der Waals surface area contributed by atoms with Gasteiger partial charge in [0.1, 0.15) is 11.6 Å². The molecule has 37 heavy (non-hydrogen) atoms. The molecule has 3 aliphatic rings. The van der Waals surface area contributed by atoms with E-state index in [1.54, 1.807) is 0 Å². The number of nitrogens with zero attached hydrogens (tertiary/aromatic N) is 4. The standard InChI is InChI=1S/C29H41ClN6S/c1-22-10-4-9-19-36(22)26-20-25(35-17-7-2-3-8-18-35)32-27(33-26)34-28(37)31-21-29(15-5-6-16-29)23-11-13-24(30)14-12-23/h11-14,20,22H,2-10,15-19,21H2,1H3,(H2,31,32,33,34,37)/t22-/m1/s1. The van der Waals surface area contributed by atoms with Crippen molar-refractivity contribution >= 4 is 46.5 Å². The molecule has 200 valence electrons. The van der Waals surface area contributed by atoms with Gasteiger partial charge in [0, 0.05) is 48.7 Å². The van der Waals surface area contributed by atoms with Crippen molar-refractivity contribution in [2.75, 3.05) is 41.3 Å². The number of benzene rings is 1. The smallest absolute Gasteiger partial charge is 0.232 e. The van der Waals surface area contributed by atoms with E-state index in [1.807, 2.05) is 12.1 Å². The summed E-state index contributed by atoms with van der Waals surface area (Å²) in [6.07, 6.45) is 13.5. The summed E-state index contributed by atoms with van der Waals surface area (Å²) in [4.78, 5) is 14.8. The van der Waals surface area contributed by atoms with E-state index in [-0.39, 0.29) is 5.41 Å². The van der Waals surface area contributed by atoms with Crippen LogP contribution in [0.2, 0.25) is 5.02 Å². The summed E-state index contributed by atoms with van der Waals surface area (Å²) >= 11 is 12.0. The van der Waals surface area contributed by atoms with Gasteiger partial charge in [-0.3, -0.25) is 0 Å². The van der Waals surface area contributed by atoms with Crippen LogP contribution in [0, 0.1) is 0 Å². The van der Waals surface area contributed by atoms with E-state index >= 15 is 0 Å². The number of rotatable bonds is 6. The zero-order valence-corrected chi connectivity index (χ0v) is 23.7. The summed E-state index contributed by atoms with van der Waals surface area (Å²) in [7, 11) is 0. The molecule has 1 aromatic heterocycles. The lowest BCUT2D eigenvalue weighted by atomic mass is 9.79. The zero-order chi connectivity index (χ0) is 25.7. The molecule has 8 heteroatoms. The van der Waals surface area contributed by atoms with Gasteiger partial charge in [-0.1, -0.05) is 49.4 Å². The molecule has 2 N–H and O–H groups in total. The third-order valence-corrected chi connectivity index (χ3v) is 9.05. The van der Waals surface area contributed by atoms with E-state index in [0.29, 0.717) is 17.1 Å². The quantitative estimate of drug-likeness (QED) is 0.396. The van der Waals surface area contributed by atoms with E-state index in [1.165, 1.54) is 63.4 Å². The van der Waals surface area contributed by atoms with Crippen LogP contribution < -0.4 is 20.4 Å². The SMILES string of the molecule is C[C@@H]1CCCCN1c1cc(N2CCCCCC2)nc(NC(=S)NCC2(c3ccc(Cl)cc3)CCCC2)n1. The van der Waals surface area contributed by atoms with Crippen LogP contribution >= 0.6 is 23.8 Å². The summed E-state index contributed by atoms with van der Waals surface area (Å²) in [5.41, 5.74) is 1.42. The third kappa shape index (κ3) is 6.48. The summed E-state index contributed by atoms with van der Waals surface area (Å²) < 4.78 is 0. The van der Waals surface area contributed by atoms with Crippen LogP contribution in [0.5, 0.6) is 0 Å². The molecule has 5 rings (SSSR count). The summed E-state index contributed by atoms with van der Waals surface area (Å²) in [5, 5.41) is 8.25. The van der Waals surface area contributed by atoms with Crippen molar-refractivity contribution in [1.29, 1.82) is 0 Å². The minimum absolute atomic E-state index is 0.0828. The van der Waals surface area contributed by atoms with Crippen LogP contribution in [-0.4, -0.2) is 47.3 Å². The topological polar surface area (TPSA) is 56.3 Å². The van der Waals surface area contributed by atoms with Crippen LogP contribution in [0.3, 0.4) is 0 Å². The average molecular weight is 541 g/mol. The molecule has 1 atom stereocenters. The molecule has 1 aromatic carbocycles. The Labute approximate surface area is 232 Å². The van der Waals surface area contributed by atoms with Crippen molar-refractivity contribution in [1.82, 2.24) is 15.3 Å². The largest absolute Gasteiger partial charge is 0.361 e. The maximum absolute atomic E-state index is 6.17. The highest BCUT2D eigenvalue weighted by Gasteiger charge is 2.35.